The largest absolute Gasteiger partial charge is 0.482 e. The van der Waals surface area contributed by atoms with E-state index in [1.165, 1.54) is 6.21 Å². The fourth-order valence-electron chi connectivity index (χ4n) is 2.06. The molecule has 1 heterocycles. The molecule has 0 saturated heterocycles. The first-order chi connectivity index (χ1) is 12.1. The van der Waals surface area contributed by atoms with Gasteiger partial charge in [-0.1, -0.05) is 0 Å². The standard InChI is InChI=1S/C17H14N2O6/c20-16(21)9-23-13-4-1-11(2-5-13)8-18-19-17(22)12-3-6-14-15(7-12)25-10-24-14/h1-8H,9-10H2,(H,19,22)(H,20,21)/b18-8-. The Bertz CT molecular complexity index is 816. The van der Waals surface area contributed by atoms with E-state index in [-0.39, 0.29) is 12.7 Å². The third-order valence-corrected chi connectivity index (χ3v) is 3.26. The van der Waals surface area contributed by atoms with Gasteiger partial charge in [-0.3, -0.25) is 4.79 Å². The lowest BCUT2D eigenvalue weighted by Gasteiger charge is -2.03. The molecule has 128 valence electrons. The lowest BCUT2D eigenvalue weighted by Crippen LogP contribution is -2.17. The van der Waals surface area contributed by atoms with Gasteiger partial charge in [-0.05, 0) is 48.0 Å². The highest BCUT2D eigenvalue weighted by Crippen LogP contribution is 2.32. The molecule has 0 aliphatic carbocycles. The van der Waals surface area contributed by atoms with Crippen molar-refractivity contribution in [3.63, 3.8) is 0 Å². The molecule has 1 aliphatic rings. The lowest BCUT2D eigenvalue weighted by atomic mass is 10.2. The number of rotatable bonds is 6. The van der Waals surface area contributed by atoms with Crippen LogP contribution in [0.5, 0.6) is 17.2 Å². The van der Waals surface area contributed by atoms with Crippen molar-refractivity contribution in [2.24, 2.45) is 5.10 Å². The summed E-state index contributed by atoms with van der Waals surface area (Å²) in [7, 11) is 0. The van der Waals surface area contributed by atoms with Gasteiger partial charge in [0.1, 0.15) is 5.75 Å². The van der Waals surface area contributed by atoms with Crippen LogP contribution in [0.3, 0.4) is 0 Å². The van der Waals surface area contributed by atoms with Crippen molar-refractivity contribution in [3.8, 4) is 17.2 Å². The Morgan fingerprint density at radius 3 is 2.68 bits per heavy atom. The number of hydrazone groups is 1. The maximum absolute atomic E-state index is 12.0. The number of hydrogen-bond acceptors (Lipinski definition) is 6. The number of carboxylic acids is 1. The predicted octanol–water partition coefficient (Wildman–Crippen LogP) is 1.64. The first-order valence-corrected chi connectivity index (χ1v) is 7.29. The van der Waals surface area contributed by atoms with Crippen molar-refractivity contribution < 1.29 is 28.9 Å². The van der Waals surface area contributed by atoms with Gasteiger partial charge in [-0.2, -0.15) is 5.10 Å². The zero-order valence-corrected chi connectivity index (χ0v) is 13.0. The van der Waals surface area contributed by atoms with Gasteiger partial charge >= 0.3 is 5.97 Å². The molecule has 0 aromatic heterocycles. The molecule has 1 amide bonds. The van der Waals surface area contributed by atoms with Crippen LogP contribution in [0.25, 0.3) is 0 Å². The van der Waals surface area contributed by atoms with E-state index in [9.17, 15) is 9.59 Å². The second kappa shape index (κ2) is 7.35. The van der Waals surface area contributed by atoms with Crippen molar-refractivity contribution >= 4 is 18.1 Å². The molecule has 0 radical (unpaired) electrons. The number of carbonyl (C=O) groups excluding carboxylic acids is 1. The number of fused-ring (bicyclic) bond motifs is 1. The molecule has 2 N–H and O–H groups in total. The Kier molecular flexibility index (Phi) is 4.79. The number of aliphatic carboxylic acids is 1. The summed E-state index contributed by atoms with van der Waals surface area (Å²) in [5.74, 6) is 0.135. The van der Waals surface area contributed by atoms with Crippen LogP contribution in [-0.2, 0) is 4.79 Å². The molecule has 25 heavy (non-hydrogen) atoms. The molecular formula is C17H14N2O6. The van der Waals surface area contributed by atoms with E-state index in [1.807, 2.05) is 0 Å². The second-order valence-corrected chi connectivity index (χ2v) is 5.02. The Balaban J connectivity index is 1.55. The number of carbonyl (C=O) groups is 2. The molecule has 1 aliphatic heterocycles. The van der Waals surface area contributed by atoms with Crippen LogP contribution in [0, 0.1) is 0 Å². The second-order valence-electron chi connectivity index (χ2n) is 5.02. The van der Waals surface area contributed by atoms with Crippen LogP contribution in [0.4, 0.5) is 0 Å². The Labute approximate surface area is 142 Å². The van der Waals surface area contributed by atoms with Gasteiger partial charge in [-0.25, -0.2) is 10.2 Å². The Morgan fingerprint density at radius 2 is 1.92 bits per heavy atom. The highest BCUT2D eigenvalue weighted by molar-refractivity contribution is 5.95. The van der Waals surface area contributed by atoms with E-state index < -0.39 is 12.6 Å². The molecule has 0 saturated carbocycles. The van der Waals surface area contributed by atoms with Crippen LogP contribution in [0.15, 0.2) is 47.6 Å². The average molecular weight is 342 g/mol. The topological polar surface area (TPSA) is 106 Å². The monoisotopic (exact) mass is 342 g/mol. The summed E-state index contributed by atoms with van der Waals surface area (Å²) in [6.45, 7) is -0.260. The average Bonchev–Trinajstić information content (AvgIpc) is 3.08. The number of carboxylic acid groups (broad SMARTS) is 1. The number of amides is 1. The van der Waals surface area contributed by atoms with E-state index in [1.54, 1.807) is 42.5 Å². The molecule has 8 heteroatoms. The fraction of sp³-hybridized carbons (Fsp3) is 0.118. The van der Waals surface area contributed by atoms with Crippen LogP contribution in [-0.4, -0.2) is 36.6 Å². The van der Waals surface area contributed by atoms with Gasteiger partial charge in [0.05, 0.1) is 6.21 Å². The first-order valence-electron chi connectivity index (χ1n) is 7.29. The summed E-state index contributed by atoms with van der Waals surface area (Å²) in [5, 5.41) is 12.4. The maximum Gasteiger partial charge on any atom is 0.341 e. The normalized spacial score (nSPS) is 12.2. The molecule has 2 aromatic carbocycles. The van der Waals surface area contributed by atoms with Gasteiger partial charge in [0.15, 0.2) is 18.1 Å². The number of nitrogens with one attached hydrogen (secondary N) is 1. The van der Waals surface area contributed by atoms with Crippen molar-refractivity contribution in [3.05, 3.63) is 53.6 Å². The van der Waals surface area contributed by atoms with Gasteiger partial charge in [-0.15, -0.1) is 0 Å². The van der Waals surface area contributed by atoms with Crippen molar-refractivity contribution in [1.82, 2.24) is 5.43 Å². The molecule has 8 nitrogen and oxygen atoms in total. The minimum Gasteiger partial charge on any atom is -0.482 e. The minimum atomic E-state index is -1.04. The van der Waals surface area contributed by atoms with Crippen molar-refractivity contribution in [2.45, 2.75) is 0 Å². The molecule has 0 fully saturated rings. The Morgan fingerprint density at radius 1 is 1.16 bits per heavy atom. The van der Waals surface area contributed by atoms with E-state index >= 15 is 0 Å². The summed E-state index contributed by atoms with van der Waals surface area (Å²) < 4.78 is 15.4. The molecule has 0 unspecified atom stereocenters. The van der Waals surface area contributed by atoms with Crippen LogP contribution < -0.4 is 19.6 Å². The zero-order chi connectivity index (χ0) is 17.6. The third-order valence-electron chi connectivity index (χ3n) is 3.26. The fourth-order valence-corrected chi connectivity index (χ4v) is 2.06. The Hall–Kier alpha value is -3.55. The predicted molar refractivity (Wildman–Crippen MR) is 87.2 cm³/mol. The zero-order valence-electron chi connectivity index (χ0n) is 13.0. The summed E-state index contributed by atoms with van der Waals surface area (Å²) in [6.07, 6.45) is 1.46. The highest BCUT2D eigenvalue weighted by atomic mass is 16.7. The van der Waals surface area contributed by atoms with Crippen LogP contribution in [0.1, 0.15) is 15.9 Å². The molecule has 0 spiro atoms. The number of hydrogen-bond donors (Lipinski definition) is 2. The van der Waals surface area contributed by atoms with E-state index in [4.69, 9.17) is 19.3 Å². The summed E-state index contributed by atoms with van der Waals surface area (Å²) in [4.78, 5) is 22.5. The summed E-state index contributed by atoms with van der Waals surface area (Å²) in [5.41, 5.74) is 3.54. The van der Waals surface area contributed by atoms with Crippen molar-refractivity contribution in [2.75, 3.05) is 13.4 Å². The molecule has 3 rings (SSSR count). The maximum atomic E-state index is 12.0. The molecule has 0 bridgehead atoms. The first kappa shape index (κ1) is 16.3. The quantitative estimate of drug-likeness (QED) is 0.611. The third kappa shape index (κ3) is 4.25. The van der Waals surface area contributed by atoms with Gasteiger partial charge in [0.25, 0.3) is 5.91 Å². The molecule has 2 aromatic rings. The van der Waals surface area contributed by atoms with Crippen molar-refractivity contribution in [1.29, 1.82) is 0 Å². The summed E-state index contributed by atoms with van der Waals surface area (Å²) >= 11 is 0. The highest BCUT2D eigenvalue weighted by Gasteiger charge is 2.15. The molecule has 0 atom stereocenters. The molecular weight excluding hydrogens is 328 g/mol. The van der Waals surface area contributed by atoms with E-state index in [0.717, 1.165) is 0 Å². The minimum absolute atomic E-state index is 0.144. The summed E-state index contributed by atoms with van der Waals surface area (Å²) in [6, 6.07) is 11.5. The smallest absolute Gasteiger partial charge is 0.341 e. The van der Waals surface area contributed by atoms with Crippen LogP contribution in [0.2, 0.25) is 0 Å². The SMILES string of the molecule is O=C(O)COc1ccc(/C=N\NC(=O)c2ccc3c(c2)OCO3)cc1. The number of ether oxygens (including phenoxy) is 3. The van der Waals surface area contributed by atoms with E-state index in [0.29, 0.717) is 28.4 Å². The number of nitrogens with zero attached hydrogens (tertiary/aromatic N) is 1. The lowest BCUT2D eigenvalue weighted by molar-refractivity contribution is -0.139. The number of benzene rings is 2. The van der Waals surface area contributed by atoms with Crippen LogP contribution >= 0.6 is 0 Å². The van der Waals surface area contributed by atoms with Gasteiger partial charge in [0.2, 0.25) is 6.79 Å². The van der Waals surface area contributed by atoms with Gasteiger partial charge < -0.3 is 19.3 Å². The van der Waals surface area contributed by atoms with E-state index in [2.05, 4.69) is 10.5 Å². The van der Waals surface area contributed by atoms with Gasteiger partial charge in [0, 0.05) is 5.56 Å².